The van der Waals surface area contributed by atoms with Crippen LogP contribution in [0.15, 0.2) is 18.2 Å². The largest absolute Gasteiger partial charge is 0.207 e. The van der Waals surface area contributed by atoms with E-state index in [9.17, 15) is 26.3 Å². The van der Waals surface area contributed by atoms with E-state index in [1.807, 2.05) is 0 Å². The fourth-order valence-electron chi connectivity index (χ4n) is 1.82. The van der Waals surface area contributed by atoms with Gasteiger partial charge in [-0.15, -0.1) is 0 Å². The summed E-state index contributed by atoms with van der Waals surface area (Å²) in [6.07, 6.45) is 0. The van der Waals surface area contributed by atoms with Crippen LogP contribution in [-0.4, -0.2) is 7.28 Å². The molecule has 104 valence electrons. The number of hydrogen-bond donors (Lipinski definition) is 0. The molecule has 0 bridgehead atoms. The fourth-order valence-corrected chi connectivity index (χ4v) is 1.82. The van der Waals surface area contributed by atoms with Gasteiger partial charge in [0.1, 0.15) is 17.5 Å². The van der Waals surface area contributed by atoms with Crippen LogP contribution in [0.25, 0.3) is 0 Å². The Hall–Kier alpha value is -1.92. The standard InChI is InChI=1S/C13H7BF6/c1-5-2-3-6(15)9(11(5)18)14-10-7(16)4-8(17)12(19)13(10)20/h2-4,14H,1H3. The van der Waals surface area contributed by atoms with Crippen molar-refractivity contribution in [3.63, 3.8) is 0 Å². The topological polar surface area (TPSA) is 0 Å². The van der Waals surface area contributed by atoms with Gasteiger partial charge >= 0.3 is 0 Å². The third-order valence-electron chi connectivity index (χ3n) is 2.94. The van der Waals surface area contributed by atoms with Crippen molar-refractivity contribution in [3.8, 4) is 0 Å². The van der Waals surface area contributed by atoms with Crippen molar-refractivity contribution in [3.05, 3.63) is 58.7 Å². The minimum absolute atomic E-state index is 0.0739. The minimum atomic E-state index is -1.88. The van der Waals surface area contributed by atoms with E-state index >= 15 is 0 Å². The SMILES string of the molecule is Cc1ccc(F)c(Bc2c(F)cc(F)c(F)c2F)c1F. The first kappa shape index (κ1) is 14.5. The minimum Gasteiger partial charge on any atom is -0.207 e. The first-order chi connectivity index (χ1) is 9.32. The smallest absolute Gasteiger partial charge is 0.207 e. The monoisotopic (exact) mass is 288 g/mol. The van der Waals surface area contributed by atoms with Crippen LogP contribution < -0.4 is 10.9 Å². The molecular weight excluding hydrogens is 281 g/mol. The molecule has 20 heavy (non-hydrogen) atoms. The van der Waals surface area contributed by atoms with E-state index < -0.39 is 53.1 Å². The molecule has 0 aliphatic carbocycles. The van der Waals surface area contributed by atoms with Crippen molar-refractivity contribution in [2.75, 3.05) is 0 Å². The molecule has 7 heteroatoms. The van der Waals surface area contributed by atoms with Crippen LogP contribution in [0, 0.1) is 41.8 Å². The van der Waals surface area contributed by atoms with Crippen LogP contribution in [0.1, 0.15) is 5.56 Å². The Morgan fingerprint density at radius 1 is 0.700 bits per heavy atom. The van der Waals surface area contributed by atoms with E-state index in [0.29, 0.717) is 0 Å². The van der Waals surface area contributed by atoms with Gasteiger partial charge in [-0.2, -0.15) is 0 Å². The lowest BCUT2D eigenvalue weighted by molar-refractivity contribution is 0.440. The van der Waals surface area contributed by atoms with E-state index in [2.05, 4.69) is 0 Å². The van der Waals surface area contributed by atoms with Gasteiger partial charge in [-0.05, 0) is 29.5 Å². The van der Waals surface area contributed by atoms with Crippen molar-refractivity contribution in [2.45, 2.75) is 6.92 Å². The Morgan fingerprint density at radius 3 is 1.95 bits per heavy atom. The van der Waals surface area contributed by atoms with E-state index in [1.165, 1.54) is 6.92 Å². The molecule has 0 aliphatic rings. The summed E-state index contributed by atoms with van der Waals surface area (Å²) >= 11 is 0. The summed E-state index contributed by atoms with van der Waals surface area (Å²) in [5, 5.41) is 0. The molecule has 0 N–H and O–H groups in total. The van der Waals surface area contributed by atoms with E-state index in [1.54, 1.807) is 0 Å². The van der Waals surface area contributed by atoms with Crippen LogP contribution in [0.4, 0.5) is 26.3 Å². The van der Waals surface area contributed by atoms with Crippen molar-refractivity contribution in [1.82, 2.24) is 0 Å². The lowest BCUT2D eigenvalue weighted by Crippen LogP contribution is -2.37. The summed E-state index contributed by atoms with van der Waals surface area (Å²) in [4.78, 5) is 0. The van der Waals surface area contributed by atoms with Crippen molar-refractivity contribution in [2.24, 2.45) is 0 Å². The number of aryl methyl sites for hydroxylation is 1. The van der Waals surface area contributed by atoms with Crippen LogP contribution >= 0.6 is 0 Å². The molecule has 2 aromatic carbocycles. The lowest BCUT2D eigenvalue weighted by Gasteiger charge is -2.09. The van der Waals surface area contributed by atoms with E-state index in [-0.39, 0.29) is 11.6 Å². The zero-order chi connectivity index (χ0) is 15.0. The average Bonchev–Trinajstić information content (AvgIpc) is 2.40. The molecule has 2 aromatic rings. The third-order valence-corrected chi connectivity index (χ3v) is 2.94. The summed E-state index contributed by atoms with van der Waals surface area (Å²) < 4.78 is 80.0. The second kappa shape index (κ2) is 5.23. The van der Waals surface area contributed by atoms with Crippen LogP contribution in [0.5, 0.6) is 0 Å². The maximum atomic E-state index is 13.7. The van der Waals surface area contributed by atoms with Gasteiger partial charge in [-0.25, -0.2) is 26.3 Å². The highest BCUT2D eigenvalue weighted by Gasteiger charge is 2.23. The molecule has 0 radical (unpaired) electrons. The predicted molar refractivity (Wildman–Crippen MR) is 63.8 cm³/mol. The highest BCUT2D eigenvalue weighted by Crippen LogP contribution is 2.11. The molecule has 0 spiro atoms. The quantitative estimate of drug-likeness (QED) is 0.344. The summed E-state index contributed by atoms with van der Waals surface area (Å²) in [6, 6.07) is 2.23. The fraction of sp³-hybridized carbons (Fsp3) is 0.0769. The van der Waals surface area contributed by atoms with Crippen LogP contribution in [0.2, 0.25) is 0 Å². The molecular formula is C13H7BF6. The average molecular weight is 288 g/mol. The number of hydrogen-bond acceptors (Lipinski definition) is 0. The van der Waals surface area contributed by atoms with Crippen molar-refractivity contribution < 1.29 is 26.3 Å². The Bertz CT molecular complexity index is 683. The van der Waals surface area contributed by atoms with E-state index in [4.69, 9.17) is 0 Å². The maximum Gasteiger partial charge on any atom is 0.207 e. The highest BCUT2D eigenvalue weighted by molar-refractivity contribution is 6.67. The van der Waals surface area contributed by atoms with Gasteiger partial charge in [-0.3, -0.25) is 0 Å². The predicted octanol–water partition coefficient (Wildman–Crippen LogP) is 2.22. The Kier molecular flexibility index (Phi) is 3.79. The van der Waals surface area contributed by atoms with Crippen molar-refractivity contribution in [1.29, 1.82) is 0 Å². The molecule has 0 heterocycles. The Labute approximate surface area is 111 Å². The van der Waals surface area contributed by atoms with Crippen LogP contribution in [0.3, 0.4) is 0 Å². The van der Waals surface area contributed by atoms with Gasteiger partial charge in [0, 0.05) is 6.07 Å². The zero-order valence-corrected chi connectivity index (χ0v) is 10.2. The molecule has 0 saturated heterocycles. The second-order valence-corrected chi connectivity index (χ2v) is 4.28. The van der Waals surface area contributed by atoms with Crippen LogP contribution in [-0.2, 0) is 0 Å². The molecule has 0 saturated carbocycles. The summed E-state index contributed by atoms with van der Waals surface area (Å²) in [6.45, 7) is 1.34. The van der Waals surface area contributed by atoms with E-state index in [0.717, 1.165) is 12.1 Å². The summed E-state index contributed by atoms with van der Waals surface area (Å²) in [5.41, 5.74) is -1.45. The van der Waals surface area contributed by atoms with Gasteiger partial charge in [0.25, 0.3) is 0 Å². The Balaban J connectivity index is 2.57. The number of rotatable bonds is 2. The first-order valence-corrected chi connectivity index (χ1v) is 5.58. The molecule has 0 aromatic heterocycles. The molecule has 0 fully saturated rings. The molecule has 0 unspecified atom stereocenters. The highest BCUT2D eigenvalue weighted by atomic mass is 19.2. The van der Waals surface area contributed by atoms with Crippen molar-refractivity contribution >= 4 is 18.2 Å². The molecule has 0 atom stereocenters. The van der Waals surface area contributed by atoms with Gasteiger partial charge in [0.05, 0.1) is 0 Å². The zero-order valence-electron chi connectivity index (χ0n) is 10.2. The lowest BCUT2D eigenvalue weighted by atomic mass is 9.62. The van der Waals surface area contributed by atoms with Gasteiger partial charge < -0.3 is 0 Å². The summed E-state index contributed by atoms with van der Waals surface area (Å²) in [7, 11) is -0.853. The number of halogens is 6. The second-order valence-electron chi connectivity index (χ2n) is 4.28. The molecule has 2 rings (SSSR count). The van der Waals surface area contributed by atoms with Gasteiger partial charge in [0.2, 0.25) is 7.28 Å². The molecule has 0 nitrogen and oxygen atoms in total. The third kappa shape index (κ3) is 2.40. The Morgan fingerprint density at radius 2 is 1.30 bits per heavy atom. The normalized spacial score (nSPS) is 10.8. The molecule has 0 amide bonds. The van der Waals surface area contributed by atoms with Gasteiger partial charge in [-0.1, -0.05) is 6.07 Å². The summed E-state index contributed by atoms with van der Waals surface area (Å²) in [5.74, 6) is -8.77. The van der Waals surface area contributed by atoms with Gasteiger partial charge in [0.15, 0.2) is 17.5 Å². The maximum absolute atomic E-state index is 13.7. The number of benzene rings is 2. The first-order valence-electron chi connectivity index (χ1n) is 5.58. The molecule has 0 aliphatic heterocycles.